The lowest BCUT2D eigenvalue weighted by atomic mass is 9.94. The fraction of sp³-hybridized carbons (Fsp3) is 0.421. The van der Waals surface area contributed by atoms with Crippen LogP contribution in [0.5, 0.6) is 5.75 Å². The van der Waals surface area contributed by atoms with Gasteiger partial charge >= 0.3 is 0 Å². The van der Waals surface area contributed by atoms with Gasteiger partial charge in [0, 0.05) is 19.2 Å². The summed E-state index contributed by atoms with van der Waals surface area (Å²) in [7, 11) is 1.89. The predicted molar refractivity (Wildman–Crippen MR) is 95.2 cm³/mol. The molecular weight excluding hydrogens is 288 g/mol. The number of carbonyl (C=O) groups excluding carboxylic acids is 1. The standard InChI is InChI=1S/C19H26N2O2/c1-3-13-23-18-11-9-15(14-17(18)20)10-12-19(22)21(2)16-7-5-4-6-8-16/h3,9-12,14,16H,1,4-8,13,20H2,2H3/b12-10-. The fourth-order valence-electron chi connectivity index (χ4n) is 2.88. The fourth-order valence-corrected chi connectivity index (χ4v) is 2.88. The molecule has 0 radical (unpaired) electrons. The Kier molecular flexibility index (Phi) is 6.27. The smallest absolute Gasteiger partial charge is 0.246 e. The Hall–Kier alpha value is -2.23. The van der Waals surface area contributed by atoms with Crippen LogP contribution in [0.4, 0.5) is 5.69 Å². The molecule has 1 aliphatic rings. The van der Waals surface area contributed by atoms with Crippen molar-refractivity contribution >= 4 is 17.7 Å². The van der Waals surface area contributed by atoms with E-state index >= 15 is 0 Å². The Labute approximate surface area is 138 Å². The van der Waals surface area contributed by atoms with Crippen LogP contribution in [-0.2, 0) is 4.79 Å². The molecule has 1 saturated carbocycles. The predicted octanol–water partition coefficient (Wildman–Crippen LogP) is 3.64. The van der Waals surface area contributed by atoms with E-state index in [0.29, 0.717) is 24.1 Å². The van der Waals surface area contributed by atoms with Crippen LogP contribution in [0.3, 0.4) is 0 Å². The Morgan fingerprint density at radius 2 is 2.13 bits per heavy atom. The molecular formula is C19H26N2O2. The van der Waals surface area contributed by atoms with Gasteiger partial charge < -0.3 is 15.4 Å². The first-order valence-electron chi connectivity index (χ1n) is 8.20. The van der Waals surface area contributed by atoms with E-state index in [1.54, 1.807) is 18.2 Å². The molecule has 1 amide bonds. The monoisotopic (exact) mass is 314 g/mol. The van der Waals surface area contributed by atoms with Crippen molar-refractivity contribution < 1.29 is 9.53 Å². The van der Waals surface area contributed by atoms with Crippen LogP contribution in [0.25, 0.3) is 6.08 Å². The molecule has 0 aliphatic heterocycles. The van der Waals surface area contributed by atoms with Crippen molar-refractivity contribution in [3.8, 4) is 5.75 Å². The molecule has 124 valence electrons. The first kappa shape index (κ1) is 17.1. The number of rotatable bonds is 6. The highest BCUT2D eigenvalue weighted by atomic mass is 16.5. The molecule has 1 aliphatic carbocycles. The van der Waals surface area contributed by atoms with Gasteiger partial charge in [0.05, 0.1) is 5.69 Å². The number of likely N-dealkylation sites (N-methyl/N-ethyl adjacent to an activating group) is 1. The molecule has 0 unspecified atom stereocenters. The zero-order chi connectivity index (χ0) is 16.7. The summed E-state index contributed by atoms with van der Waals surface area (Å²) in [6, 6.07) is 5.89. The summed E-state index contributed by atoms with van der Waals surface area (Å²) >= 11 is 0. The second kappa shape index (κ2) is 8.42. The van der Waals surface area contributed by atoms with E-state index in [0.717, 1.165) is 18.4 Å². The summed E-state index contributed by atoms with van der Waals surface area (Å²) in [5.41, 5.74) is 7.40. The number of nitrogen functional groups attached to an aromatic ring is 1. The van der Waals surface area contributed by atoms with Gasteiger partial charge in [0.15, 0.2) is 0 Å². The van der Waals surface area contributed by atoms with E-state index in [1.165, 1.54) is 19.3 Å². The van der Waals surface area contributed by atoms with E-state index in [2.05, 4.69) is 6.58 Å². The van der Waals surface area contributed by atoms with Crippen molar-refractivity contribution in [2.45, 2.75) is 38.1 Å². The molecule has 0 spiro atoms. The quantitative estimate of drug-likeness (QED) is 0.495. The van der Waals surface area contributed by atoms with Crippen LogP contribution >= 0.6 is 0 Å². The van der Waals surface area contributed by atoms with E-state index in [-0.39, 0.29) is 5.91 Å². The lowest BCUT2D eigenvalue weighted by Crippen LogP contribution is -2.37. The minimum Gasteiger partial charge on any atom is -0.487 e. The van der Waals surface area contributed by atoms with Gasteiger partial charge in [-0.3, -0.25) is 4.79 Å². The highest BCUT2D eigenvalue weighted by molar-refractivity contribution is 5.92. The van der Waals surface area contributed by atoms with Gasteiger partial charge in [-0.15, -0.1) is 0 Å². The van der Waals surface area contributed by atoms with Gasteiger partial charge in [0.2, 0.25) is 5.91 Å². The first-order valence-corrected chi connectivity index (χ1v) is 8.20. The van der Waals surface area contributed by atoms with E-state index < -0.39 is 0 Å². The first-order chi connectivity index (χ1) is 11.1. The number of ether oxygens (including phenoxy) is 1. The van der Waals surface area contributed by atoms with Crippen molar-refractivity contribution in [1.29, 1.82) is 0 Å². The molecule has 0 aromatic heterocycles. The van der Waals surface area contributed by atoms with E-state index in [4.69, 9.17) is 10.5 Å². The van der Waals surface area contributed by atoms with Crippen molar-refractivity contribution in [2.24, 2.45) is 0 Å². The third-order valence-electron chi connectivity index (χ3n) is 4.28. The number of hydrogen-bond acceptors (Lipinski definition) is 3. The maximum atomic E-state index is 12.3. The Balaban J connectivity index is 1.97. The number of benzene rings is 1. The van der Waals surface area contributed by atoms with Crippen molar-refractivity contribution in [3.63, 3.8) is 0 Å². The second-order valence-corrected chi connectivity index (χ2v) is 5.97. The van der Waals surface area contributed by atoms with Gasteiger partial charge in [-0.25, -0.2) is 0 Å². The van der Waals surface area contributed by atoms with Gasteiger partial charge in [-0.2, -0.15) is 0 Å². The van der Waals surface area contributed by atoms with Crippen molar-refractivity contribution in [3.05, 3.63) is 42.5 Å². The van der Waals surface area contributed by atoms with Crippen LogP contribution in [0.2, 0.25) is 0 Å². The zero-order valence-electron chi connectivity index (χ0n) is 13.8. The van der Waals surface area contributed by atoms with Crippen molar-refractivity contribution in [1.82, 2.24) is 4.90 Å². The summed E-state index contributed by atoms with van der Waals surface area (Å²) in [6.45, 7) is 4.03. The number of carbonyl (C=O) groups is 1. The summed E-state index contributed by atoms with van der Waals surface area (Å²) < 4.78 is 5.44. The largest absolute Gasteiger partial charge is 0.487 e. The molecule has 1 aromatic carbocycles. The lowest BCUT2D eigenvalue weighted by molar-refractivity contribution is -0.127. The number of nitrogens with zero attached hydrogens (tertiary/aromatic N) is 1. The lowest BCUT2D eigenvalue weighted by Gasteiger charge is -2.30. The van der Waals surface area contributed by atoms with E-state index in [1.807, 2.05) is 30.1 Å². The Morgan fingerprint density at radius 3 is 2.78 bits per heavy atom. The molecule has 0 heterocycles. The Morgan fingerprint density at radius 1 is 1.39 bits per heavy atom. The molecule has 4 nitrogen and oxygen atoms in total. The minimum atomic E-state index is 0.0439. The molecule has 23 heavy (non-hydrogen) atoms. The third-order valence-corrected chi connectivity index (χ3v) is 4.28. The van der Waals surface area contributed by atoms with Gasteiger partial charge in [-0.05, 0) is 36.6 Å². The van der Waals surface area contributed by atoms with Gasteiger partial charge in [0.25, 0.3) is 0 Å². The average molecular weight is 314 g/mol. The summed E-state index contributed by atoms with van der Waals surface area (Å²) in [4.78, 5) is 14.1. The van der Waals surface area contributed by atoms with Gasteiger partial charge in [0.1, 0.15) is 12.4 Å². The second-order valence-electron chi connectivity index (χ2n) is 5.97. The van der Waals surface area contributed by atoms with Crippen LogP contribution in [0.1, 0.15) is 37.7 Å². The van der Waals surface area contributed by atoms with Crippen LogP contribution in [0, 0.1) is 0 Å². The molecule has 0 saturated heterocycles. The molecule has 2 rings (SSSR count). The number of hydrogen-bond donors (Lipinski definition) is 1. The minimum absolute atomic E-state index is 0.0439. The molecule has 1 aromatic rings. The maximum Gasteiger partial charge on any atom is 0.246 e. The number of amides is 1. The molecule has 0 atom stereocenters. The number of nitrogens with two attached hydrogens (primary N) is 1. The van der Waals surface area contributed by atoms with Crippen LogP contribution in [-0.4, -0.2) is 30.5 Å². The molecule has 1 fully saturated rings. The highest BCUT2D eigenvalue weighted by Gasteiger charge is 2.20. The normalized spacial score (nSPS) is 15.5. The van der Waals surface area contributed by atoms with Gasteiger partial charge in [-0.1, -0.05) is 38.0 Å². The molecule has 0 bridgehead atoms. The van der Waals surface area contributed by atoms with Crippen LogP contribution < -0.4 is 10.5 Å². The Bertz CT molecular complexity index is 575. The topological polar surface area (TPSA) is 55.6 Å². The van der Waals surface area contributed by atoms with Crippen molar-refractivity contribution in [2.75, 3.05) is 19.4 Å². The zero-order valence-corrected chi connectivity index (χ0v) is 13.8. The highest BCUT2D eigenvalue weighted by Crippen LogP contribution is 2.24. The maximum absolute atomic E-state index is 12.3. The third kappa shape index (κ3) is 4.88. The molecule has 4 heteroatoms. The van der Waals surface area contributed by atoms with E-state index in [9.17, 15) is 4.79 Å². The number of anilines is 1. The average Bonchev–Trinajstić information content (AvgIpc) is 2.59. The summed E-state index contributed by atoms with van der Waals surface area (Å²) in [5.74, 6) is 0.676. The molecule has 2 N–H and O–H groups in total. The summed E-state index contributed by atoms with van der Waals surface area (Å²) in [6.07, 6.45) is 11.0. The summed E-state index contributed by atoms with van der Waals surface area (Å²) in [5, 5.41) is 0. The SMILES string of the molecule is C=CCOc1ccc(/C=C\C(=O)N(C)C2CCCCC2)cc1N. The van der Waals surface area contributed by atoms with Crippen LogP contribution in [0.15, 0.2) is 36.9 Å².